The van der Waals surface area contributed by atoms with Crippen LogP contribution < -0.4 is 11.1 Å². The smallest absolute Gasteiger partial charge is 0.149 e. The summed E-state index contributed by atoms with van der Waals surface area (Å²) < 4.78 is 26.4. The zero-order valence-electron chi connectivity index (χ0n) is 9.10. The summed E-state index contributed by atoms with van der Waals surface area (Å²) in [6.07, 6.45) is 5.64. The highest BCUT2D eigenvalue weighted by atomic mass is 19.1. The lowest BCUT2D eigenvalue weighted by Crippen LogP contribution is -2.23. The van der Waals surface area contributed by atoms with Crippen molar-refractivity contribution in [3.05, 3.63) is 23.8 Å². The SMILES string of the molecule is Nc1cc(NC2CCCCC2)c(F)cc1F. The predicted molar refractivity (Wildman–Crippen MR) is 61.3 cm³/mol. The molecule has 0 amide bonds. The third-order valence-electron chi connectivity index (χ3n) is 3.05. The maximum atomic E-state index is 13.4. The topological polar surface area (TPSA) is 38.0 Å². The van der Waals surface area contributed by atoms with Crippen LogP contribution in [0.1, 0.15) is 32.1 Å². The average Bonchev–Trinajstić information content (AvgIpc) is 2.27. The summed E-state index contributed by atoms with van der Waals surface area (Å²) in [5, 5.41) is 3.10. The minimum Gasteiger partial charge on any atom is -0.396 e. The molecule has 1 aliphatic carbocycles. The monoisotopic (exact) mass is 226 g/mol. The summed E-state index contributed by atoms with van der Waals surface area (Å²) in [7, 11) is 0. The summed E-state index contributed by atoms with van der Waals surface area (Å²) >= 11 is 0. The van der Waals surface area contributed by atoms with E-state index in [0.29, 0.717) is 5.69 Å². The summed E-state index contributed by atoms with van der Waals surface area (Å²) in [6.45, 7) is 0. The van der Waals surface area contributed by atoms with Crippen LogP contribution in [-0.2, 0) is 0 Å². The van der Waals surface area contributed by atoms with Crippen LogP contribution in [0.5, 0.6) is 0 Å². The molecule has 1 saturated carbocycles. The summed E-state index contributed by atoms with van der Waals surface area (Å²) in [5.41, 5.74) is 5.71. The van der Waals surface area contributed by atoms with E-state index in [2.05, 4.69) is 5.32 Å². The Morgan fingerprint density at radius 2 is 1.75 bits per heavy atom. The molecule has 3 N–H and O–H groups in total. The standard InChI is InChI=1S/C12H16F2N2/c13-9-6-10(14)12(7-11(9)15)16-8-4-2-1-3-5-8/h6-8,16H,1-5,15H2. The Balaban J connectivity index is 2.11. The molecule has 0 heterocycles. The number of rotatable bonds is 2. The number of hydrogen-bond acceptors (Lipinski definition) is 2. The van der Waals surface area contributed by atoms with E-state index in [-0.39, 0.29) is 11.7 Å². The van der Waals surface area contributed by atoms with E-state index >= 15 is 0 Å². The van der Waals surface area contributed by atoms with Crippen molar-refractivity contribution in [2.24, 2.45) is 0 Å². The molecule has 0 unspecified atom stereocenters. The molecule has 0 atom stereocenters. The molecule has 0 saturated heterocycles. The molecule has 0 aromatic heterocycles. The van der Waals surface area contributed by atoms with Gasteiger partial charge in [0.2, 0.25) is 0 Å². The van der Waals surface area contributed by atoms with E-state index in [1.165, 1.54) is 12.5 Å². The number of nitrogen functional groups attached to an aromatic ring is 1. The van der Waals surface area contributed by atoms with E-state index < -0.39 is 11.6 Å². The lowest BCUT2D eigenvalue weighted by atomic mass is 9.95. The van der Waals surface area contributed by atoms with Crippen molar-refractivity contribution < 1.29 is 8.78 Å². The third-order valence-corrected chi connectivity index (χ3v) is 3.05. The fourth-order valence-corrected chi connectivity index (χ4v) is 2.14. The molecule has 0 radical (unpaired) electrons. The molecular formula is C12H16F2N2. The number of benzene rings is 1. The molecule has 1 aliphatic rings. The van der Waals surface area contributed by atoms with Crippen LogP contribution in [0.4, 0.5) is 20.2 Å². The van der Waals surface area contributed by atoms with Crippen molar-refractivity contribution in [2.45, 2.75) is 38.1 Å². The Morgan fingerprint density at radius 1 is 1.06 bits per heavy atom. The molecule has 4 heteroatoms. The Bertz CT molecular complexity index is 374. The van der Waals surface area contributed by atoms with E-state index in [9.17, 15) is 8.78 Å². The average molecular weight is 226 g/mol. The van der Waals surface area contributed by atoms with Crippen molar-refractivity contribution in [3.63, 3.8) is 0 Å². The van der Waals surface area contributed by atoms with Gasteiger partial charge in [-0.2, -0.15) is 0 Å². The maximum Gasteiger partial charge on any atom is 0.149 e. The predicted octanol–water partition coefficient (Wildman–Crippen LogP) is 3.29. The van der Waals surface area contributed by atoms with Gasteiger partial charge in [0.15, 0.2) is 0 Å². The van der Waals surface area contributed by atoms with Gasteiger partial charge in [-0.05, 0) is 18.9 Å². The third kappa shape index (κ3) is 2.43. The van der Waals surface area contributed by atoms with Crippen LogP contribution >= 0.6 is 0 Å². The van der Waals surface area contributed by atoms with Crippen molar-refractivity contribution in [3.8, 4) is 0 Å². The van der Waals surface area contributed by atoms with Crippen molar-refractivity contribution in [2.75, 3.05) is 11.1 Å². The van der Waals surface area contributed by atoms with E-state index in [0.717, 1.165) is 31.7 Å². The lowest BCUT2D eigenvalue weighted by molar-refractivity contribution is 0.460. The molecule has 1 aromatic carbocycles. The van der Waals surface area contributed by atoms with Crippen molar-refractivity contribution >= 4 is 11.4 Å². The van der Waals surface area contributed by atoms with Gasteiger partial charge in [-0.3, -0.25) is 0 Å². The fraction of sp³-hybridized carbons (Fsp3) is 0.500. The first-order valence-corrected chi connectivity index (χ1v) is 5.68. The Hall–Kier alpha value is -1.32. The van der Waals surface area contributed by atoms with Crippen LogP contribution in [0, 0.1) is 11.6 Å². The molecule has 16 heavy (non-hydrogen) atoms. The maximum absolute atomic E-state index is 13.4. The van der Waals surface area contributed by atoms with Crippen LogP contribution in [0.15, 0.2) is 12.1 Å². The van der Waals surface area contributed by atoms with Crippen LogP contribution in [0.3, 0.4) is 0 Å². The van der Waals surface area contributed by atoms with Gasteiger partial charge < -0.3 is 11.1 Å². The van der Waals surface area contributed by atoms with Gasteiger partial charge in [-0.1, -0.05) is 19.3 Å². The van der Waals surface area contributed by atoms with Crippen LogP contribution in [0.2, 0.25) is 0 Å². The van der Waals surface area contributed by atoms with Crippen molar-refractivity contribution in [1.29, 1.82) is 0 Å². The molecule has 0 bridgehead atoms. The van der Waals surface area contributed by atoms with Gasteiger partial charge in [0, 0.05) is 12.1 Å². The summed E-state index contributed by atoms with van der Waals surface area (Å²) in [6, 6.07) is 2.45. The van der Waals surface area contributed by atoms with E-state index in [4.69, 9.17) is 5.73 Å². The highest BCUT2D eigenvalue weighted by Crippen LogP contribution is 2.25. The minimum absolute atomic E-state index is 0.0142. The molecule has 2 nitrogen and oxygen atoms in total. The molecule has 0 spiro atoms. The van der Waals surface area contributed by atoms with Gasteiger partial charge in [0.05, 0.1) is 11.4 Å². The van der Waals surface area contributed by atoms with Gasteiger partial charge in [0.25, 0.3) is 0 Å². The number of nitrogens with two attached hydrogens (primary N) is 1. The summed E-state index contributed by atoms with van der Waals surface area (Å²) in [5.74, 6) is -1.27. The van der Waals surface area contributed by atoms with Gasteiger partial charge in [-0.15, -0.1) is 0 Å². The molecule has 2 rings (SSSR count). The second-order valence-corrected chi connectivity index (χ2v) is 4.33. The first-order valence-electron chi connectivity index (χ1n) is 5.68. The lowest BCUT2D eigenvalue weighted by Gasteiger charge is -2.24. The largest absolute Gasteiger partial charge is 0.396 e. The number of hydrogen-bond donors (Lipinski definition) is 2. The first-order chi connectivity index (χ1) is 7.66. The second-order valence-electron chi connectivity index (χ2n) is 4.33. The minimum atomic E-state index is -0.702. The van der Waals surface area contributed by atoms with Gasteiger partial charge in [-0.25, -0.2) is 8.78 Å². The Morgan fingerprint density at radius 3 is 2.44 bits per heavy atom. The van der Waals surface area contributed by atoms with Crippen LogP contribution in [0.25, 0.3) is 0 Å². The highest BCUT2D eigenvalue weighted by molar-refractivity contribution is 5.56. The molecule has 1 fully saturated rings. The number of anilines is 2. The molecule has 88 valence electrons. The first kappa shape index (κ1) is 11.2. The van der Waals surface area contributed by atoms with E-state index in [1.807, 2.05) is 0 Å². The molecule has 1 aromatic rings. The van der Waals surface area contributed by atoms with Crippen LogP contribution in [-0.4, -0.2) is 6.04 Å². The van der Waals surface area contributed by atoms with Gasteiger partial charge >= 0.3 is 0 Å². The fourth-order valence-electron chi connectivity index (χ4n) is 2.14. The van der Waals surface area contributed by atoms with E-state index in [1.54, 1.807) is 0 Å². The molecule has 0 aliphatic heterocycles. The Kier molecular flexibility index (Phi) is 3.27. The zero-order chi connectivity index (χ0) is 11.5. The highest BCUT2D eigenvalue weighted by Gasteiger charge is 2.15. The second kappa shape index (κ2) is 4.68. The zero-order valence-corrected chi connectivity index (χ0v) is 9.10. The quantitative estimate of drug-likeness (QED) is 0.759. The van der Waals surface area contributed by atoms with Gasteiger partial charge in [0.1, 0.15) is 11.6 Å². The Labute approximate surface area is 93.8 Å². The summed E-state index contributed by atoms with van der Waals surface area (Å²) in [4.78, 5) is 0. The normalized spacial score (nSPS) is 17.4. The number of halogens is 2. The molecular weight excluding hydrogens is 210 g/mol. The number of nitrogens with one attached hydrogen (secondary N) is 1. The van der Waals surface area contributed by atoms with Crippen molar-refractivity contribution in [1.82, 2.24) is 0 Å².